The number of fused-ring (bicyclic) bond motifs is 30. The van der Waals surface area contributed by atoms with E-state index in [4.69, 9.17) is 28.2 Å². The number of pyridine rings is 3. The van der Waals surface area contributed by atoms with Crippen LogP contribution in [0.25, 0.3) is 313 Å². The molecule has 144 heavy (non-hydrogen) atoms. The van der Waals surface area contributed by atoms with Gasteiger partial charge in [0.25, 0.3) is 0 Å². The van der Waals surface area contributed by atoms with E-state index >= 15 is 0 Å². The molecular weight excluding hydrogens is 1810 g/mol. The molecule has 0 saturated carbocycles. The van der Waals surface area contributed by atoms with Gasteiger partial charge in [-0.1, -0.05) is 340 Å². The Morgan fingerprint density at radius 2 is 0.583 bits per heavy atom. The van der Waals surface area contributed by atoms with Crippen molar-refractivity contribution in [1.29, 1.82) is 0 Å². The van der Waals surface area contributed by atoms with Gasteiger partial charge in [-0.3, -0.25) is 0 Å². The first-order chi connectivity index (χ1) is 71.3. The van der Waals surface area contributed by atoms with Gasteiger partial charge in [0.05, 0.1) is 39.2 Å². The lowest BCUT2D eigenvalue weighted by atomic mass is 9.94. The highest BCUT2D eigenvalue weighted by atomic mass is 32.1. The maximum atomic E-state index is 6.52. The van der Waals surface area contributed by atoms with Gasteiger partial charge in [-0.05, 0) is 236 Å². The van der Waals surface area contributed by atoms with E-state index in [9.17, 15) is 0 Å². The number of hydrogen-bond acceptors (Lipinski definition) is 9. The zero-order valence-corrected chi connectivity index (χ0v) is 79.7. The van der Waals surface area contributed by atoms with E-state index in [0.717, 1.165) is 155 Å². The molecule has 0 saturated heterocycles. The van der Waals surface area contributed by atoms with Crippen LogP contribution < -0.4 is 0 Å². The molecule has 0 aliphatic carbocycles. The zero-order chi connectivity index (χ0) is 94.3. The molecule has 0 fully saturated rings. The SMILES string of the molecule is c1cc(-c2cc(-c3ccc4ccccc4c3)c3ccc4oc5cc6ccccc6cc5c4c3n2)cc(-c2cccc3c2sc2ccccc23)c1.c1cc(-c2cc(-c3ccc4ccccc4c3)c3ccc4sc5cc6ccccc6cc5c4c3n2)cc(-c2cccc3c2oc2ccccc23)c1.c1ccc2cc3c(cc2c1)sc1ccc2c(-c4cccc5ccccc45)nc(-c4cccc5c4oc4ccccc45)cc2c13. The van der Waals surface area contributed by atoms with Crippen LogP contribution in [0, 0.1) is 0 Å². The Balaban J connectivity index is 0.000000101. The van der Waals surface area contributed by atoms with Crippen molar-refractivity contribution < 1.29 is 13.3 Å². The molecule has 668 valence electrons. The number of nitrogens with zero attached hydrogens (tertiary/aromatic N) is 3. The standard InChI is InChI=1S/2C47H27NOS.C41H23NOS/c1-2-10-29-23-33(20-19-28(29)9-1)39-27-41(34-14-7-13-32(24-34)35-16-8-17-38-36-15-5-6-18-44(36)50-47(35)38)48-46-37(39)21-22-42-45(46)40-25-30-11-3-4-12-31(30)26-43(40)49-42;1-2-10-29-23-33(20-19-28(29)9-1)39-27-41(34-14-7-13-32(24-34)35-16-8-17-38-36-15-5-6-18-42(36)49-47(35)38)48-46-37(39)21-22-43-45(46)40-25-30-11-3-4-12-31(30)26-44(40)50-43;1-2-11-26-22-38-34(21-25(26)10-1)39-33-23-35(32-17-8-16-31-28-14-5-6-18-36(28)43-41(31)32)42-40(30(33)19-20-37(39)44-38)29-15-7-12-24-9-3-4-13-27(24)29/h2*1-27H;1-23H. The minimum absolute atomic E-state index is 0.849. The van der Waals surface area contributed by atoms with Gasteiger partial charge >= 0.3 is 0 Å². The Morgan fingerprint density at radius 1 is 0.160 bits per heavy atom. The topological polar surface area (TPSA) is 78.1 Å². The summed E-state index contributed by atoms with van der Waals surface area (Å²) in [6.07, 6.45) is 0. The summed E-state index contributed by atoms with van der Waals surface area (Å²) in [5.74, 6) is 0. The fourth-order valence-electron chi connectivity index (χ4n) is 22.6. The number of para-hydroxylation sites is 4. The highest BCUT2D eigenvalue weighted by molar-refractivity contribution is 7.27. The van der Waals surface area contributed by atoms with Crippen LogP contribution in [-0.4, -0.2) is 15.0 Å². The van der Waals surface area contributed by atoms with E-state index in [1.807, 2.05) is 58.3 Å². The predicted molar refractivity (Wildman–Crippen MR) is 614 cm³/mol. The van der Waals surface area contributed by atoms with E-state index in [0.29, 0.717) is 0 Å². The summed E-state index contributed by atoms with van der Waals surface area (Å²) < 4.78 is 27.2. The third kappa shape index (κ3) is 13.4. The molecule has 0 N–H and O–H groups in total. The fourth-order valence-corrected chi connectivity index (χ4v) is 26.1. The van der Waals surface area contributed by atoms with Crippen LogP contribution in [0.5, 0.6) is 0 Å². The van der Waals surface area contributed by atoms with Crippen LogP contribution in [0.15, 0.2) is 480 Å². The van der Waals surface area contributed by atoms with Gasteiger partial charge in [0.2, 0.25) is 0 Å². The smallest absolute Gasteiger partial charge is 0.144 e. The average Bonchev–Trinajstić information content (AvgIpc) is 1.38. The van der Waals surface area contributed by atoms with E-state index < -0.39 is 0 Å². The van der Waals surface area contributed by atoms with Crippen molar-refractivity contribution in [3.8, 4) is 89.5 Å². The maximum absolute atomic E-state index is 6.52. The van der Waals surface area contributed by atoms with Crippen molar-refractivity contribution in [2.45, 2.75) is 0 Å². The first-order valence-corrected chi connectivity index (χ1v) is 51.2. The Kier molecular flexibility index (Phi) is 18.6. The van der Waals surface area contributed by atoms with Crippen LogP contribution in [-0.2, 0) is 0 Å². The van der Waals surface area contributed by atoms with E-state index in [-0.39, 0.29) is 0 Å². The fraction of sp³-hybridized carbons (Fsp3) is 0. The minimum atomic E-state index is 0.849. The molecule has 0 aliphatic heterocycles. The van der Waals surface area contributed by atoms with Crippen LogP contribution in [0.3, 0.4) is 0 Å². The number of hydrogen-bond donors (Lipinski definition) is 0. The second-order valence-corrected chi connectivity index (χ2v) is 40.9. The van der Waals surface area contributed by atoms with Crippen molar-refractivity contribution in [3.63, 3.8) is 0 Å². The Labute approximate surface area is 835 Å². The van der Waals surface area contributed by atoms with Crippen LogP contribution in [0.4, 0.5) is 0 Å². The first kappa shape index (κ1) is 81.9. The number of furan rings is 3. The first-order valence-electron chi connectivity index (χ1n) is 48.8. The molecule has 32 rings (SSSR count). The molecule has 9 heteroatoms. The van der Waals surface area contributed by atoms with Crippen LogP contribution in [0.2, 0.25) is 0 Å². The summed E-state index contributed by atoms with van der Waals surface area (Å²) in [6.45, 7) is 0. The predicted octanol–water partition coefficient (Wildman–Crippen LogP) is 39.8. The van der Waals surface area contributed by atoms with Crippen molar-refractivity contribution in [2.24, 2.45) is 0 Å². The molecular formula is C135H77N3O3S3. The second-order valence-electron chi connectivity index (χ2n) is 37.7. The highest BCUT2D eigenvalue weighted by Crippen LogP contribution is 2.51. The normalized spacial score (nSPS) is 12.0. The maximum Gasteiger partial charge on any atom is 0.144 e. The third-order valence-electron chi connectivity index (χ3n) is 29.5. The molecule has 6 nitrogen and oxygen atoms in total. The van der Waals surface area contributed by atoms with Gasteiger partial charge in [-0.25, -0.2) is 15.0 Å². The summed E-state index contributed by atoms with van der Waals surface area (Å²) in [6, 6.07) is 168. The molecule has 0 spiro atoms. The largest absolute Gasteiger partial charge is 0.456 e. The Morgan fingerprint density at radius 3 is 1.20 bits per heavy atom. The van der Waals surface area contributed by atoms with E-state index in [1.165, 1.54) is 158 Å². The number of aromatic nitrogens is 3. The van der Waals surface area contributed by atoms with Gasteiger partial charge in [0.15, 0.2) is 0 Å². The summed E-state index contributed by atoms with van der Waals surface area (Å²) in [5.41, 5.74) is 24.7. The van der Waals surface area contributed by atoms with E-state index in [2.05, 4.69) is 443 Å². The zero-order valence-electron chi connectivity index (χ0n) is 77.2. The number of thiophene rings is 3. The van der Waals surface area contributed by atoms with Crippen molar-refractivity contribution in [2.75, 3.05) is 0 Å². The quantitative estimate of drug-likeness (QED) is 0.151. The lowest BCUT2D eigenvalue weighted by Crippen LogP contribution is -1.93. The van der Waals surface area contributed by atoms with Crippen molar-refractivity contribution in [3.05, 3.63) is 467 Å². The molecule has 9 aromatic heterocycles. The Bertz CT molecular complexity index is 10700. The number of rotatable bonds is 8. The molecule has 0 aliphatic rings. The van der Waals surface area contributed by atoms with E-state index in [1.54, 1.807) is 0 Å². The molecule has 9 heterocycles. The lowest BCUT2D eigenvalue weighted by molar-refractivity contribution is 0.669. The number of benzene rings is 23. The molecule has 0 unspecified atom stereocenters. The van der Waals surface area contributed by atoms with Crippen LogP contribution in [0.1, 0.15) is 0 Å². The average molecular weight is 1890 g/mol. The molecule has 32 aromatic rings. The summed E-state index contributed by atoms with van der Waals surface area (Å²) in [7, 11) is 0. The van der Waals surface area contributed by atoms with Gasteiger partial charge in [-0.15, -0.1) is 34.0 Å². The molecule has 0 bridgehead atoms. The Hall–Kier alpha value is -18.1. The molecule has 0 radical (unpaired) electrons. The van der Waals surface area contributed by atoms with Gasteiger partial charge in [-0.2, -0.15) is 0 Å². The monoisotopic (exact) mass is 1880 g/mol. The second kappa shape index (κ2) is 32.8. The lowest BCUT2D eigenvalue weighted by Gasteiger charge is -2.14. The summed E-state index contributed by atoms with van der Waals surface area (Å²) in [4.78, 5) is 16.5. The van der Waals surface area contributed by atoms with Crippen molar-refractivity contribution in [1.82, 2.24) is 15.0 Å². The van der Waals surface area contributed by atoms with Gasteiger partial charge in [0.1, 0.15) is 33.5 Å². The highest BCUT2D eigenvalue weighted by Gasteiger charge is 2.26. The van der Waals surface area contributed by atoms with Gasteiger partial charge in [0, 0.05) is 131 Å². The summed E-state index contributed by atoms with van der Waals surface area (Å²) in [5, 5.41) is 33.7. The van der Waals surface area contributed by atoms with Crippen molar-refractivity contribution >= 4 is 258 Å². The van der Waals surface area contributed by atoms with Gasteiger partial charge < -0.3 is 13.3 Å². The molecule has 0 atom stereocenters. The third-order valence-corrected chi connectivity index (χ3v) is 32.9. The minimum Gasteiger partial charge on any atom is -0.456 e. The molecule has 0 amide bonds. The van der Waals surface area contributed by atoms with Crippen LogP contribution >= 0.6 is 34.0 Å². The molecule has 23 aromatic carbocycles. The summed E-state index contributed by atoms with van der Waals surface area (Å²) >= 11 is 5.58.